The largest absolute Gasteiger partial charge is 0.273 e. The van der Waals surface area contributed by atoms with Crippen molar-refractivity contribution in [3.05, 3.63) is 35.9 Å². The van der Waals surface area contributed by atoms with Crippen LogP contribution in [0.4, 0.5) is 0 Å². The summed E-state index contributed by atoms with van der Waals surface area (Å²) in [6.45, 7) is 0.583. The van der Waals surface area contributed by atoms with Crippen LogP contribution in [0.25, 0.3) is 0 Å². The van der Waals surface area contributed by atoms with Crippen LogP contribution >= 0.6 is 0 Å². The van der Waals surface area contributed by atoms with Crippen LogP contribution in [0.2, 0.25) is 0 Å². The van der Waals surface area contributed by atoms with Crippen molar-refractivity contribution in [3.8, 4) is 0 Å². The highest BCUT2D eigenvalue weighted by Gasteiger charge is 2.21. The Hall–Kier alpha value is -1.84. The van der Waals surface area contributed by atoms with Gasteiger partial charge in [0, 0.05) is 18.5 Å². The van der Waals surface area contributed by atoms with E-state index in [1.807, 2.05) is 6.07 Å². The van der Waals surface area contributed by atoms with Crippen LogP contribution in [0.1, 0.15) is 23.2 Å². The van der Waals surface area contributed by atoms with E-state index in [0.717, 1.165) is 6.42 Å². The molecular formula is C11H12N2O2. The number of hydrogen-bond acceptors (Lipinski definition) is 2. The van der Waals surface area contributed by atoms with Crippen LogP contribution in [-0.2, 0) is 4.79 Å². The molecule has 0 spiro atoms. The van der Waals surface area contributed by atoms with E-state index in [2.05, 4.69) is 5.43 Å². The number of hydrazine groups is 1. The van der Waals surface area contributed by atoms with Gasteiger partial charge in [-0.25, -0.2) is 5.01 Å². The molecule has 0 atom stereocenters. The first-order valence-corrected chi connectivity index (χ1v) is 4.94. The van der Waals surface area contributed by atoms with Crippen LogP contribution in [-0.4, -0.2) is 23.4 Å². The third-order valence-electron chi connectivity index (χ3n) is 2.31. The van der Waals surface area contributed by atoms with Crippen molar-refractivity contribution in [2.45, 2.75) is 12.8 Å². The topological polar surface area (TPSA) is 49.4 Å². The van der Waals surface area contributed by atoms with Crippen LogP contribution in [0.3, 0.4) is 0 Å². The van der Waals surface area contributed by atoms with Gasteiger partial charge in [-0.15, -0.1) is 0 Å². The summed E-state index contributed by atoms with van der Waals surface area (Å²) >= 11 is 0. The number of amides is 2. The van der Waals surface area contributed by atoms with Gasteiger partial charge in [-0.2, -0.15) is 0 Å². The third kappa shape index (κ3) is 2.15. The molecule has 4 nitrogen and oxygen atoms in total. The van der Waals surface area contributed by atoms with Crippen LogP contribution in [0.15, 0.2) is 30.3 Å². The number of nitrogens with one attached hydrogen (secondary N) is 1. The molecule has 0 bridgehead atoms. The molecule has 1 aliphatic heterocycles. The minimum absolute atomic E-state index is 0.0921. The van der Waals surface area contributed by atoms with Crippen molar-refractivity contribution in [2.24, 2.45) is 0 Å². The molecule has 0 saturated carbocycles. The predicted octanol–water partition coefficient (Wildman–Crippen LogP) is 0.954. The van der Waals surface area contributed by atoms with Crippen molar-refractivity contribution in [2.75, 3.05) is 6.54 Å². The second kappa shape index (κ2) is 4.13. The van der Waals surface area contributed by atoms with Crippen molar-refractivity contribution >= 4 is 11.8 Å². The number of rotatable bonds is 1. The normalized spacial score (nSPS) is 16.0. The number of hydrogen-bond donors (Lipinski definition) is 1. The summed E-state index contributed by atoms with van der Waals surface area (Å²) in [4.78, 5) is 23.0. The van der Waals surface area contributed by atoms with Crippen LogP contribution in [0, 0.1) is 0 Å². The number of carbonyl (C=O) groups is 2. The number of nitrogens with zero attached hydrogens (tertiary/aromatic N) is 1. The summed E-state index contributed by atoms with van der Waals surface area (Å²) in [6, 6.07) is 8.94. The quantitative estimate of drug-likeness (QED) is 0.740. The number of benzene rings is 1. The van der Waals surface area contributed by atoms with Gasteiger partial charge in [0.25, 0.3) is 5.91 Å². The van der Waals surface area contributed by atoms with E-state index in [0.29, 0.717) is 18.5 Å². The van der Waals surface area contributed by atoms with Crippen LogP contribution < -0.4 is 5.43 Å². The van der Waals surface area contributed by atoms with Gasteiger partial charge in [0.15, 0.2) is 0 Å². The fourth-order valence-electron chi connectivity index (χ4n) is 1.55. The zero-order chi connectivity index (χ0) is 10.7. The molecule has 2 rings (SSSR count). The average molecular weight is 204 g/mol. The Balaban J connectivity index is 2.11. The molecule has 2 amide bonds. The molecule has 0 aliphatic carbocycles. The summed E-state index contributed by atoms with van der Waals surface area (Å²) in [5.74, 6) is -0.241. The molecule has 1 aromatic rings. The van der Waals surface area contributed by atoms with E-state index in [9.17, 15) is 9.59 Å². The molecule has 1 fully saturated rings. The van der Waals surface area contributed by atoms with E-state index in [1.54, 1.807) is 24.3 Å². The zero-order valence-electron chi connectivity index (χ0n) is 8.27. The Morgan fingerprint density at radius 1 is 1.27 bits per heavy atom. The minimum Gasteiger partial charge on any atom is -0.273 e. The van der Waals surface area contributed by atoms with Gasteiger partial charge in [-0.3, -0.25) is 15.0 Å². The summed E-state index contributed by atoms with van der Waals surface area (Å²) < 4.78 is 0. The van der Waals surface area contributed by atoms with Gasteiger partial charge in [-0.1, -0.05) is 18.2 Å². The van der Waals surface area contributed by atoms with Gasteiger partial charge in [0.05, 0.1) is 0 Å². The molecule has 1 aromatic carbocycles. The molecule has 1 N–H and O–H groups in total. The van der Waals surface area contributed by atoms with Gasteiger partial charge in [-0.05, 0) is 18.6 Å². The second-order valence-corrected chi connectivity index (χ2v) is 3.46. The smallest absolute Gasteiger partial charge is 0.272 e. The summed E-state index contributed by atoms with van der Waals surface area (Å²) in [5.41, 5.74) is 3.16. The van der Waals surface area contributed by atoms with Crippen molar-refractivity contribution < 1.29 is 9.59 Å². The maximum atomic E-state index is 11.9. The zero-order valence-corrected chi connectivity index (χ0v) is 8.27. The van der Waals surface area contributed by atoms with E-state index >= 15 is 0 Å². The monoisotopic (exact) mass is 204 g/mol. The van der Waals surface area contributed by atoms with Crippen molar-refractivity contribution in [3.63, 3.8) is 0 Å². The Kier molecular flexibility index (Phi) is 2.67. The molecule has 0 radical (unpaired) electrons. The second-order valence-electron chi connectivity index (χ2n) is 3.46. The molecule has 1 saturated heterocycles. The highest BCUT2D eigenvalue weighted by Crippen LogP contribution is 2.07. The first kappa shape index (κ1) is 9.71. The highest BCUT2D eigenvalue weighted by molar-refractivity contribution is 5.95. The maximum absolute atomic E-state index is 11.9. The van der Waals surface area contributed by atoms with E-state index < -0.39 is 0 Å². The first-order valence-electron chi connectivity index (χ1n) is 4.94. The fraction of sp³-hybridized carbons (Fsp3) is 0.273. The summed E-state index contributed by atoms with van der Waals surface area (Å²) in [6.07, 6.45) is 1.23. The third-order valence-corrected chi connectivity index (χ3v) is 2.31. The van der Waals surface area contributed by atoms with Gasteiger partial charge in [0.2, 0.25) is 5.91 Å². The molecule has 78 valence electrons. The van der Waals surface area contributed by atoms with E-state index in [4.69, 9.17) is 0 Å². The minimum atomic E-state index is -0.149. The lowest BCUT2D eigenvalue weighted by atomic mass is 10.2. The Morgan fingerprint density at radius 2 is 2.00 bits per heavy atom. The Bertz CT molecular complexity index is 375. The highest BCUT2D eigenvalue weighted by atomic mass is 16.2. The summed E-state index contributed by atoms with van der Waals surface area (Å²) in [7, 11) is 0. The molecular weight excluding hydrogens is 192 g/mol. The molecule has 4 heteroatoms. The SMILES string of the molecule is O=C1CCCN(C(=O)c2ccccc2)N1. The fourth-order valence-corrected chi connectivity index (χ4v) is 1.55. The molecule has 1 heterocycles. The number of carbonyl (C=O) groups excluding carboxylic acids is 2. The maximum Gasteiger partial charge on any atom is 0.272 e. The van der Waals surface area contributed by atoms with Crippen LogP contribution in [0.5, 0.6) is 0 Å². The van der Waals surface area contributed by atoms with E-state index in [1.165, 1.54) is 5.01 Å². The molecule has 0 aromatic heterocycles. The van der Waals surface area contributed by atoms with Gasteiger partial charge in [0.1, 0.15) is 0 Å². The lowest BCUT2D eigenvalue weighted by Gasteiger charge is -2.27. The summed E-state index contributed by atoms with van der Waals surface area (Å²) in [5, 5.41) is 1.38. The van der Waals surface area contributed by atoms with E-state index in [-0.39, 0.29) is 11.8 Å². The standard InChI is InChI=1S/C11H12N2O2/c14-10-7-4-8-13(12-10)11(15)9-5-2-1-3-6-9/h1-3,5-6H,4,7-8H2,(H,12,14). The molecule has 15 heavy (non-hydrogen) atoms. The molecule has 1 aliphatic rings. The van der Waals surface area contributed by atoms with Gasteiger partial charge >= 0.3 is 0 Å². The molecule has 0 unspecified atom stereocenters. The lowest BCUT2D eigenvalue weighted by molar-refractivity contribution is -0.127. The predicted molar refractivity (Wildman–Crippen MR) is 54.9 cm³/mol. The Morgan fingerprint density at radius 3 is 2.67 bits per heavy atom. The van der Waals surface area contributed by atoms with Crippen molar-refractivity contribution in [1.29, 1.82) is 0 Å². The first-order chi connectivity index (χ1) is 7.27. The Labute approximate surface area is 87.9 Å². The van der Waals surface area contributed by atoms with Crippen molar-refractivity contribution in [1.82, 2.24) is 10.4 Å². The lowest BCUT2D eigenvalue weighted by Crippen LogP contribution is -2.49. The van der Waals surface area contributed by atoms with Gasteiger partial charge < -0.3 is 0 Å². The average Bonchev–Trinajstić information content (AvgIpc) is 2.29.